The molecule has 0 radical (unpaired) electrons. The van der Waals surface area contributed by atoms with Gasteiger partial charge in [-0.2, -0.15) is 0 Å². The Bertz CT molecular complexity index is 395. The summed E-state index contributed by atoms with van der Waals surface area (Å²) in [5.74, 6) is -0.647. The molecule has 0 saturated carbocycles. The topological polar surface area (TPSA) is 149 Å². The Balaban J connectivity index is 4.59. The van der Waals surface area contributed by atoms with E-state index in [-0.39, 0.29) is 31.8 Å². The minimum atomic E-state index is -0.875. The Hall–Kier alpha value is -1.87. The van der Waals surface area contributed by atoms with Crippen LogP contribution in [0.5, 0.6) is 0 Å². The van der Waals surface area contributed by atoms with Crippen molar-refractivity contribution in [2.24, 2.45) is 11.5 Å². The van der Waals surface area contributed by atoms with Crippen molar-refractivity contribution in [1.29, 1.82) is 0 Å². The second-order valence-corrected chi connectivity index (χ2v) is 5.96. The molecule has 0 aromatic heterocycles. The van der Waals surface area contributed by atoms with Gasteiger partial charge in [-0.05, 0) is 27.2 Å². The lowest BCUT2D eigenvalue weighted by atomic mass is 10.1. The van der Waals surface area contributed by atoms with Crippen LogP contribution >= 0.6 is 0 Å². The van der Waals surface area contributed by atoms with Gasteiger partial charge in [0.25, 0.3) is 0 Å². The molecule has 0 rings (SSSR count). The number of carbonyl (C=O) groups excluding carboxylic acids is 3. The van der Waals surface area contributed by atoms with E-state index in [1.807, 2.05) is 0 Å². The molecular weight excluding hydrogens is 302 g/mol. The molecule has 3 amide bonds. The standard InChI is InChI=1S/C14H29N5O4/c1-14(2,3)23-13(22)19-10(12(21)18-9-7-16)4-5-11(20)17-8-6-15/h10H,4-9,15-16H2,1-3H3,(H,17,20)(H,18,21)(H,19,22)/t10-/m0/s1. The molecule has 134 valence electrons. The zero-order chi connectivity index (χ0) is 17.9. The quantitative estimate of drug-likeness (QED) is 0.359. The first kappa shape index (κ1) is 21.1. The van der Waals surface area contributed by atoms with Crippen LogP contribution in [0.3, 0.4) is 0 Å². The number of hydrogen-bond acceptors (Lipinski definition) is 6. The Morgan fingerprint density at radius 2 is 1.61 bits per heavy atom. The molecule has 0 heterocycles. The lowest BCUT2D eigenvalue weighted by Crippen LogP contribution is -2.49. The molecule has 7 N–H and O–H groups in total. The van der Waals surface area contributed by atoms with Crippen molar-refractivity contribution in [2.45, 2.75) is 45.3 Å². The Kier molecular flexibility index (Phi) is 9.91. The third-order valence-electron chi connectivity index (χ3n) is 2.58. The fourth-order valence-electron chi connectivity index (χ4n) is 1.61. The van der Waals surface area contributed by atoms with Crippen LogP contribution < -0.4 is 27.4 Å². The lowest BCUT2D eigenvalue weighted by Gasteiger charge is -2.23. The number of amides is 3. The van der Waals surface area contributed by atoms with E-state index < -0.39 is 23.6 Å². The van der Waals surface area contributed by atoms with Gasteiger partial charge in [0.2, 0.25) is 11.8 Å². The highest BCUT2D eigenvalue weighted by Crippen LogP contribution is 2.08. The number of nitrogens with two attached hydrogens (primary N) is 2. The molecular formula is C14H29N5O4. The summed E-state index contributed by atoms with van der Waals surface area (Å²) in [6, 6.07) is -0.875. The zero-order valence-electron chi connectivity index (χ0n) is 14.1. The van der Waals surface area contributed by atoms with E-state index in [1.54, 1.807) is 20.8 Å². The van der Waals surface area contributed by atoms with Gasteiger partial charge in [-0.1, -0.05) is 0 Å². The van der Waals surface area contributed by atoms with Gasteiger partial charge in [0.1, 0.15) is 11.6 Å². The van der Waals surface area contributed by atoms with Crippen LogP contribution in [0.15, 0.2) is 0 Å². The highest BCUT2D eigenvalue weighted by molar-refractivity contribution is 5.86. The largest absolute Gasteiger partial charge is 0.444 e. The summed E-state index contributed by atoms with van der Waals surface area (Å²) >= 11 is 0. The van der Waals surface area contributed by atoms with Crippen LogP contribution in [-0.4, -0.2) is 55.7 Å². The van der Waals surface area contributed by atoms with Crippen molar-refractivity contribution in [3.63, 3.8) is 0 Å². The van der Waals surface area contributed by atoms with Gasteiger partial charge < -0.3 is 32.2 Å². The van der Waals surface area contributed by atoms with Crippen LogP contribution in [-0.2, 0) is 14.3 Å². The average molecular weight is 331 g/mol. The molecule has 0 fully saturated rings. The van der Waals surface area contributed by atoms with Crippen molar-refractivity contribution in [1.82, 2.24) is 16.0 Å². The van der Waals surface area contributed by atoms with E-state index >= 15 is 0 Å². The van der Waals surface area contributed by atoms with Crippen LogP contribution in [0, 0.1) is 0 Å². The predicted molar refractivity (Wildman–Crippen MR) is 86.5 cm³/mol. The molecule has 23 heavy (non-hydrogen) atoms. The average Bonchev–Trinajstić information content (AvgIpc) is 2.44. The molecule has 9 nitrogen and oxygen atoms in total. The molecule has 0 aromatic carbocycles. The predicted octanol–water partition coefficient (Wildman–Crippen LogP) is -1.19. The normalized spacial score (nSPS) is 12.2. The highest BCUT2D eigenvalue weighted by atomic mass is 16.6. The van der Waals surface area contributed by atoms with Crippen molar-refractivity contribution < 1.29 is 19.1 Å². The SMILES string of the molecule is CC(C)(C)OC(=O)N[C@@H](CCC(=O)NCCN)C(=O)NCCN. The van der Waals surface area contributed by atoms with Gasteiger partial charge in [0.05, 0.1) is 0 Å². The Morgan fingerprint density at radius 1 is 1.04 bits per heavy atom. The minimum Gasteiger partial charge on any atom is -0.444 e. The van der Waals surface area contributed by atoms with Crippen LogP contribution in [0.1, 0.15) is 33.6 Å². The molecule has 0 unspecified atom stereocenters. The second kappa shape index (κ2) is 10.8. The Morgan fingerprint density at radius 3 is 2.13 bits per heavy atom. The van der Waals surface area contributed by atoms with E-state index in [0.29, 0.717) is 13.1 Å². The van der Waals surface area contributed by atoms with E-state index in [4.69, 9.17) is 16.2 Å². The summed E-state index contributed by atoms with van der Waals surface area (Å²) in [7, 11) is 0. The molecule has 0 saturated heterocycles. The molecule has 9 heteroatoms. The molecule has 1 atom stereocenters. The molecule has 0 aromatic rings. The summed E-state index contributed by atoms with van der Waals surface area (Å²) < 4.78 is 5.12. The first-order chi connectivity index (χ1) is 10.7. The first-order valence-electron chi connectivity index (χ1n) is 7.63. The summed E-state index contributed by atoms with van der Waals surface area (Å²) in [5, 5.41) is 7.66. The number of hydrogen-bond donors (Lipinski definition) is 5. The maximum absolute atomic E-state index is 12.0. The van der Waals surface area contributed by atoms with Crippen LogP contribution in [0.25, 0.3) is 0 Å². The minimum absolute atomic E-state index is 0.0799. The third-order valence-corrected chi connectivity index (χ3v) is 2.58. The van der Waals surface area contributed by atoms with Crippen LogP contribution in [0.2, 0.25) is 0 Å². The number of rotatable bonds is 9. The van der Waals surface area contributed by atoms with Gasteiger partial charge in [0.15, 0.2) is 0 Å². The molecule has 0 aliphatic rings. The van der Waals surface area contributed by atoms with Gasteiger partial charge in [-0.3, -0.25) is 9.59 Å². The maximum atomic E-state index is 12.0. The Labute approximate surface area is 136 Å². The van der Waals surface area contributed by atoms with Crippen LogP contribution in [0.4, 0.5) is 4.79 Å². The summed E-state index contributed by atoms with van der Waals surface area (Å²) in [5.41, 5.74) is 9.95. The number of nitrogens with one attached hydrogen (secondary N) is 3. The summed E-state index contributed by atoms with van der Waals surface area (Å²) in [6.45, 7) is 6.42. The monoisotopic (exact) mass is 331 g/mol. The van der Waals surface area contributed by atoms with Crippen molar-refractivity contribution in [3.05, 3.63) is 0 Å². The first-order valence-corrected chi connectivity index (χ1v) is 7.63. The number of ether oxygens (including phenoxy) is 1. The van der Waals surface area contributed by atoms with Gasteiger partial charge in [-0.15, -0.1) is 0 Å². The fraction of sp³-hybridized carbons (Fsp3) is 0.786. The van der Waals surface area contributed by atoms with E-state index in [0.717, 1.165) is 0 Å². The van der Waals surface area contributed by atoms with Gasteiger partial charge in [-0.25, -0.2) is 4.79 Å². The van der Waals surface area contributed by atoms with E-state index in [2.05, 4.69) is 16.0 Å². The van der Waals surface area contributed by atoms with Gasteiger partial charge >= 0.3 is 6.09 Å². The third kappa shape index (κ3) is 11.4. The zero-order valence-corrected chi connectivity index (χ0v) is 14.1. The summed E-state index contributed by atoms with van der Waals surface area (Å²) in [4.78, 5) is 35.4. The number of carbonyl (C=O) groups is 3. The fourth-order valence-corrected chi connectivity index (χ4v) is 1.61. The van der Waals surface area contributed by atoms with Crippen molar-refractivity contribution in [3.8, 4) is 0 Å². The van der Waals surface area contributed by atoms with Gasteiger partial charge in [0, 0.05) is 32.6 Å². The molecule has 0 bridgehead atoms. The smallest absolute Gasteiger partial charge is 0.408 e. The van der Waals surface area contributed by atoms with Crippen molar-refractivity contribution in [2.75, 3.05) is 26.2 Å². The van der Waals surface area contributed by atoms with E-state index in [9.17, 15) is 14.4 Å². The second-order valence-electron chi connectivity index (χ2n) is 5.96. The molecule has 0 spiro atoms. The maximum Gasteiger partial charge on any atom is 0.408 e. The summed E-state index contributed by atoms with van der Waals surface area (Å²) in [6.07, 6.45) is -0.490. The molecule has 0 aliphatic heterocycles. The number of alkyl carbamates (subject to hydrolysis) is 1. The molecule has 0 aliphatic carbocycles. The van der Waals surface area contributed by atoms with E-state index in [1.165, 1.54) is 0 Å². The lowest BCUT2D eigenvalue weighted by molar-refractivity contribution is -0.124. The van der Waals surface area contributed by atoms with Crippen molar-refractivity contribution >= 4 is 17.9 Å². The highest BCUT2D eigenvalue weighted by Gasteiger charge is 2.24.